The largest absolute Gasteiger partial charge is 0.355 e. The van der Waals surface area contributed by atoms with E-state index in [1.165, 1.54) is 25.7 Å². The fourth-order valence-corrected chi connectivity index (χ4v) is 1.74. The van der Waals surface area contributed by atoms with Gasteiger partial charge in [-0.2, -0.15) is 12.6 Å². The zero-order valence-electron chi connectivity index (χ0n) is 8.47. The molecule has 1 aliphatic rings. The first-order valence-corrected chi connectivity index (χ1v) is 5.57. The molecule has 1 saturated carbocycles. The van der Waals surface area contributed by atoms with Crippen molar-refractivity contribution in [3.05, 3.63) is 0 Å². The van der Waals surface area contributed by atoms with E-state index in [9.17, 15) is 4.79 Å². The molecule has 0 bridgehead atoms. The number of thiol groups is 1. The topological polar surface area (TPSA) is 29.1 Å². The summed E-state index contributed by atoms with van der Waals surface area (Å²) in [5, 5.41) is 2.77. The molecule has 0 aromatic carbocycles. The second-order valence-corrected chi connectivity index (χ2v) is 4.92. The van der Waals surface area contributed by atoms with Crippen LogP contribution in [0.15, 0.2) is 0 Å². The molecule has 1 amide bonds. The van der Waals surface area contributed by atoms with Crippen molar-refractivity contribution in [1.82, 2.24) is 5.32 Å². The molecule has 0 aromatic heterocycles. The van der Waals surface area contributed by atoms with Gasteiger partial charge in [0.1, 0.15) is 0 Å². The zero-order chi connectivity index (χ0) is 9.90. The van der Waals surface area contributed by atoms with E-state index >= 15 is 0 Å². The number of rotatable bonds is 5. The normalized spacial score (nSPS) is 20.8. The Hall–Kier alpha value is -0.180. The molecule has 76 valence electrons. The number of hydrogen-bond donors (Lipinski definition) is 2. The highest BCUT2D eigenvalue weighted by molar-refractivity contribution is 7.81. The van der Waals surface area contributed by atoms with Crippen molar-refractivity contribution < 1.29 is 4.79 Å². The highest BCUT2D eigenvalue weighted by atomic mass is 32.1. The van der Waals surface area contributed by atoms with Crippen LogP contribution in [0.2, 0.25) is 0 Å². The van der Waals surface area contributed by atoms with Gasteiger partial charge in [0.15, 0.2) is 0 Å². The zero-order valence-corrected chi connectivity index (χ0v) is 9.36. The average molecular weight is 201 g/mol. The van der Waals surface area contributed by atoms with E-state index in [2.05, 4.69) is 24.9 Å². The molecular weight excluding hydrogens is 182 g/mol. The van der Waals surface area contributed by atoms with Crippen molar-refractivity contribution in [3.8, 4) is 0 Å². The van der Waals surface area contributed by atoms with Crippen LogP contribution < -0.4 is 5.32 Å². The van der Waals surface area contributed by atoms with Gasteiger partial charge >= 0.3 is 0 Å². The molecule has 0 spiro atoms. The lowest BCUT2D eigenvalue weighted by molar-refractivity contribution is -0.120. The molecule has 1 atom stereocenters. The lowest BCUT2D eigenvalue weighted by Crippen LogP contribution is -2.34. The van der Waals surface area contributed by atoms with E-state index in [1.807, 2.05) is 0 Å². The van der Waals surface area contributed by atoms with Gasteiger partial charge in [0.25, 0.3) is 0 Å². The fourth-order valence-electron chi connectivity index (χ4n) is 1.64. The summed E-state index contributed by atoms with van der Waals surface area (Å²) >= 11 is 4.08. The van der Waals surface area contributed by atoms with Gasteiger partial charge in [0.05, 0.1) is 5.25 Å². The number of amides is 1. The van der Waals surface area contributed by atoms with Gasteiger partial charge in [0.2, 0.25) is 5.91 Å². The summed E-state index contributed by atoms with van der Waals surface area (Å²) in [5.41, 5.74) is 0.451. The minimum Gasteiger partial charge on any atom is -0.355 e. The molecule has 1 rings (SSSR count). The molecule has 1 aliphatic carbocycles. The maximum Gasteiger partial charge on any atom is 0.232 e. The number of hydrogen-bond acceptors (Lipinski definition) is 2. The third kappa shape index (κ3) is 3.22. The molecule has 13 heavy (non-hydrogen) atoms. The van der Waals surface area contributed by atoms with Crippen LogP contribution >= 0.6 is 12.6 Å². The van der Waals surface area contributed by atoms with Crippen LogP contribution in [0.4, 0.5) is 0 Å². The molecule has 2 nitrogen and oxygen atoms in total. The van der Waals surface area contributed by atoms with Crippen LogP contribution in [0, 0.1) is 5.41 Å². The first-order chi connectivity index (χ1) is 6.09. The minimum atomic E-state index is -0.183. The number of carbonyl (C=O) groups excluding carboxylic acids is 1. The highest BCUT2D eigenvalue weighted by Gasteiger charge is 2.41. The van der Waals surface area contributed by atoms with Gasteiger partial charge in [-0.15, -0.1) is 0 Å². The van der Waals surface area contributed by atoms with Crippen molar-refractivity contribution in [3.63, 3.8) is 0 Å². The molecule has 3 heteroatoms. The molecule has 0 saturated heterocycles. The number of carbonyl (C=O) groups is 1. The van der Waals surface area contributed by atoms with E-state index in [0.717, 1.165) is 6.54 Å². The summed E-state index contributed by atoms with van der Waals surface area (Å²) in [5.74, 6) is 0.0608. The molecule has 0 aromatic rings. The summed E-state index contributed by atoms with van der Waals surface area (Å²) in [7, 11) is 0. The first-order valence-electron chi connectivity index (χ1n) is 5.05. The smallest absolute Gasteiger partial charge is 0.232 e. The van der Waals surface area contributed by atoms with Gasteiger partial charge in [-0.1, -0.05) is 13.3 Å². The highest BCUT2D eigenvalue weighted by Crippen LogP contribution is 2.48. The Morgan fingerprint density at radius 2 is 2.23 bits per heavy atom. The Balaban J connectivity index is 2.22. The fraction of sp³-hybridized carbons (Fsp3) is 0.900. The molecule has 1 unspecified atom stereocenters. The van der Waals surface area contributed by atoms with Crippen LogP contribution in [0.1, 0.15) is 39.5 Å². The van der Waals surface area contributed by atoms with Crippen molar-refractivity contribution in [2.45, 2.75) is 44.8 Å². The quantitative estimate of drug-likeness (QED) is 0.655. The van der Waals surface area contributed by atoms with Gasteiger partial charge in [-0.3, -0.25) is 4.79 Å². The molecule has 0 aliphatic heterocycles. The predicted molar refractivity (Wildman–Crippen MR) is 58.0 cm³/mol. The Bertz CT molecular complexity index is 187. The van der Waals surface area contributed by atoms with Crippen LogP contribution in [-0.2, 0) is 4.79 Å². The summed E-state index contributed by atoms with van der Waals surface area (Å²) in [6.07, 6.45) is 5.02. The first kappa shape index (κ1) is 10.9. The lowest BCUT2D eigenvalue weighted by Gasteiger charge is -2.15. The van der Waals surface area contributed by atoms with Crippen LogP contribution in [0.5, 0.6) is 0 Å². The van der Waals surface area contributed by atoms with Crippen LogP contribution in [-0.4, -0.2) is 17.7 Å². The van der Waals surface area contributed by atoms with Gasteiger partial charge in [0, 0.05) is 6.54 Å². The molecular formula is C10H19NOS. The maximum atomic E-state index is 11.2. The Labute approximate surface area is 85.9 Å². The van der Waals surface area contributed by atoms with Crippen molar-refractivity contribution in [2.24, 2.45) is 5.41 Å². The van der Waals surface area contributed by atoms with E-state index in [0.29, 0.717) is 5.41 Å². The van der Waals surface area contributed by atoms with Crippen LogP contribution in [0.25, 0.3) is 0 Å². The summed E-state index contributed by atoms with van der Waals surface area (Å²) in [4.78, 5) is 11.2. The minimum absolute atomic E-state index is 0.0608. The molecule has 1 fully saturated rings. The van der Waals surface area contributed by atoms with Crippen molar-refractivity contribution >= 4 is 18.5 Å². The van der Waals surface area contributed by atoms with Crippen LogP contribution in [0.3, 0.4) is 0 Å². The molecule has 0 heterocycles. The third-order valence-corrected chi connectivity index (χ3v) is 2.99. The Kier molecular flexibility index (Phi) is 3.65. The standard InChI is InChI=1S/C10H19NOS/c1-3-4-10(5-6-10)7-11-9(12)8(2)13/h8,13H,3-7H2,1-2H3,(H,11,12). The SMILES string of the molecule is CCCC1(CNC(=O)C(C)S)CC1. The predicted octanol–water partition coefficient (Wildman–Crippen LogP) is 2.00. The van der Waals surface area contributed by atoms with E-state index in [-0.39, 0.29) is 11.2 Å². The molecule has 1 N–H and O–H groups in total. The second kappa shape index (κ2) is 4.36. The van der Waals surface area contributed by atoms with E-state index < -0.39 is 0 Å². The van der Waals surface area contributed by atoms with Crippen molar-refractivity contribution in [2.75, 3.05) is 6.54 Å². The van der Waals surface area contributed by atoms with Gasteiger partial charge < -0.3 is 5.32 Å². The summed E-state index contributed by atoms with van der Waals surface area (Å²) < 4.78 is 0. The van der Waals surface area contributed by atoms with Crippen molar-refractivity contribution in [1.29, 1.82) is 0 Å². The summed E-state index contributed by atoms with van der Waals surface area (Å²) in [6.45, 7) is 4.85. The summed E-state index contributed by atoms with van der Waals surface area (Å²) in [6, 6.07) is 0. The lowest BCUT2D eigenvalue weighted by atomic mass is 10.0. The Morgan fingerprint density at radius 3 is 2.62 bits per heavy atom. The Morgan fingerprint density at radius 1 is 1.62 bits per heavy atom. The van der Waals surface area contributed by atoms with Gasteiger partial charge in [-0.25, -0.2) is 0 Å². The average Bonchev–Trinajstić information content (AvgIpc) is 2.82. The van der Waals surface area contributed by atoms with E-state index in [1.54, 1.807) is 6.92 Å². The second-order valence-electron chi connectivity index (χ2n) is 4.14. The number of nitrogens with one attached hydrogen (secondary N) is 1. The van der Waals surface area contributed by atoms with E-state index in [4.69, 9.17) is 0 Å². The molecule has 0 radical (unpaired) electrons. The maximum absolute atomic E-state index is 11.2. The third-order valence-electron chi connectivity index (χ3n) is 2.75. The van der Waals surface area contributed by atoms with Gasteiger partial charge in [-0.05, 0) is 31.6 Å². The monoisotopic (exact) mass is 201 g/mol.